The van der Waals surface area contributed by atoms with Crippen molar-refractivity contribution >= 4 is 24.3 Å². The molecule has 0 saturated carbocycles. The van der Waals surface area contributed by atoms with Crippen LogP contribution in [0.25, 0.3) is 0 Å². The Hall–Kier alpha value is -1.23. The molecule has 2 aromatic rings. The molecule has 0 amide bonds. The van der Waals surface area contributed by atoms with Gasteiger partial charge in [0.2, 0.25) is 0 Å². The minimum atomic E-state index is -1.40. The van der Waals surface area contributed by atoms with Crippen molar-refractivity contribution in [3.8, 4) is 0 Å². The molecule has 0 aliphatic rings. The van der Waals surface area contributed by atoms with Crippen LogP contribution in [0, 0.1) is 13.8 Å². The predicted octanol–water partition coefficient (Wildman–Crippen LogP) is 2.28. The van der Waals surface area contributed by atoms with Crippen LogP contribution < -0.4 is 5.46 Å². The summed E-state index contributed by atoms with van der Waals surface area (Å²) < 4.78 is 0. The molecular weight excluding hydrogens is 255 g/mol. The fraction of sp³-hybridized carbons (Fsp3) is 0.200. The quantitative estimate of drug-likeness (QED) is 0.662. The third kappa shape index (κ3) is 3.87. The molecule has 0 aliphatic heterocycles. The lowest BCUT2D eigenvalue weighted by atomic mass is 9.80. The van der Waals surface area contributed by atoms with Gasteiger partial charge in [0.15, 0.2) is 0 Å². The molecule has 2 N–H and O–H groups in total. The first-order valence-corrected chi connectivity index (χ1v) is 7.20. The first-order chi connectivity index (χ1) is 9.06. The largest absolute Gasteiger partial charge is 0.488 e. The zero-order valence-electron chi connectivity index (χ0n) is 11.1. The Morgan fingerprint density at radius 2 is 1.84 bits per heavy atom. The van der Waals surface area contributed by atoms with E-state index in [2.05, 4.69) is 32.0 Å². The van der Waals surface area contributed by atoms with Crippen LogP contribution in [-0.2, 0) is 5.75 Å². The molecule has 0 aromatic heterocycles. The van der Waals surface area contributed by atoms with Gasteiger partial charge in [0.25, 0.3) is 0 Å². The fourth-order valence-electron chi connectivity index (χ4n) is 1.87. The summed E-state index contributed by atoms with van der Waals surface area (Å²) >= 11 is 1.77. The van der Waals surface area contributed by atoms with E-state index in [4.69, 9.17) is 10.0 Å². The van der Waals surface area contributed by atoms with Crippen molar-refractivity contribution in [1.29, 1.82) is 0 Å². The lowest BCUT2D eigenvalue weighted by molar-refractivity contribution is 0.425. The molecule has 2 aromatic carbocycles. The lowest BCUT2D eigenvalue weighted by Crippen LogP contribution is -2.29. The van der Waals surface area contributed by atoms with Crippen LogP contribution in [-0.4, -0.2) is 17.2 Å². The molecular formula is C15H17BO2S. The zero-order valence-corrected chi connectivity index (χ0v) is 11.9. The Kier molecular flexibility index (Phi) is 4.69. The Labute approximate surface area is 118 Å². The summed E-state index contributed by atoms with van der Waals surface area (Å²) in [5.74, 6) is 0.824. The highest BCUT2D eigenvalue weighted by atomic mass is 32.2. The standard InChI is InChI=1S/C15H17BO2S/c1-11-6-7-12(2)15(8-11)19-10-13-4-3-5-14(9-13)16(17)18/h3-9,17-18H,10H2,1-2H3. The molecule has 0 bridgehead atoms. The molecule has 0 heterocycles. The fourth-order valence-corrected chi connectivity index (χ4v) is 2.93. The number of rotatable bonds is 4. The lowest BCUT2D eigenvalue weighted by Gasteiger charge is -2.08. The number of hydrogen-bond acceptors (Lipinski definition) is 3. The molecule has 98 valence electrons. The van der Waals surface area contributed by atoms with Gasteiger partial charge < -0.3 is 10.0 Å². The molecule has 0 aliphatic carbocycles. The second-order valence-electron chi connectivity index (χ2n) is 4.68. The van der Waals surface area contributed by atoms with Gasteiger partial charge in [-0.2, -0.15) is 0 Å². The van der Waals surface area contributed by atoms with Crippen molar-refractivity contribution in [2.75, 3.05) is 0 Å². The van der Waals surface area contributed by atoms with Crippen LogP contribution in [0.5, 0.6) is 0 Å². The first kappa shape index (κ1) is 14.2. The summed E-state index contributed by atoms with van der Waals surface area (Å²) in [4.78, 5) is 1.27. The molecule has 0 atom stereocenters. The van der Waals surface area contributed by atoms with E-state index in [1.165, 1.54) is 16.0 Å². The van der Waals surface area contributed by atoms with Crippen LogP contribution in [0.2, 0.25) is 0 Å². The van der Waals surface area contributed by atoms with E-state index in [0.717, 1.165) is 11.3 Å². The number of thioether (sulfide) groups is 1. The maximum absolute atomic E-state index is 9.16. The summed E-state index contributed by atoms with van der Waals surface area (Å²) in [7, 11) is -1.40. The number of aryl methyl sites for hydroxylation is 2. The first-order valence-electron chi connectivity index (χ1n) is 6.21. The van der Waals surface area contributed by atoms with Gasteiger partial charge in [-0.25, -0.2) is 0 Å². The normalized spacial score (nSPS) is 10.5. The van der Waals surface area contributed by atoms with Gasteiger partial charge >= 0.3 is 7.12 Å². The molecule has 2 nitrogen and oxygen atoms in total. The van der Waals surface area contributed by atoms with Gasteiger partial charge in [0.1, 0.15) is 0 Å². The smallest absolute Gasteiger partial charge is 0.423 e. The Bertz CT molecular complexity index is 570. The Morgan fingerprint density at radius 3 is 2.58 bits per heavy atom. The summed E-state index contributed by atoms with van der Waals surface area (Å²) in [6.07, 6.45) is 0. The van der Waals surface area contributed by atoms with E-state index >= 15 is 0 Å². The topological polar surface area (TPSA) is 40.5 Å². The molecule has 0 radical (unpaired) electrons. The van der Waals surface area contributed by atoms with Gasteiger partial charge in [-0.15, -0.1) is 11.8 Å². The van der Waals surface area contributed by atoms with E-state index in [0.29, 0.717) is 5.46 Å². The average molecular weight is 272 g/mol. The van der Waals surface area contributed by atoms with Crippen LogP contribution in [0.4, 0.5) is 0 Å². The van der Waals surface area contributed by atoms with Gasteiger partial charge in [0, 0.05) is 10.6 Å². The molecule has 19 heavy (non-hydrogen) atoms. The molecule has 0 saturated heterocycles. The second kappa shape index (κ2) is 6.28. The third-order valence-corrected chi connectivity index (χ3v) is 4.22. The summed E-state index contributed by atoms with van der Waals surface area (Å²) in [6.45, 7) is 4.20. The van der Waals surface area contributed by atoms with E-state index in [1.54, 1.807) is 17.8 Å². The van der Waals surface area contributed by atoms with E-state index in [-0.39, 0.29) is 0 Å². The van der Waals surface area contributed by atoms with Crippen LogP contribution in [0.3, 0.4) is 0 Å². The predicted molar refractivity (Wildman–Crippen MR) is 81.7 cm³/mol. The van der Waals surface area contributed by atoms with Crippen LogP contribution >= 0.6 is 11.8 Å². The highest BCUT2D eigenvalue weighted by molar-refractivity contribution is 7.98. The van der Waals surface area contributed by atoms with Crippen LogP contribution in [0.1, 0.15) is 16.7 Å². The monoisotopic (exact) mass is 272 g/mol. The average Bonchev–Trinajstić information content (AvgIpc) is 2.40. The maximum atomic E-state index is 9.16. The zero-order chi connectivity index (χ0) is 13.8. The van der Waals surface area contributed by atoms with Gasteiger partial charge in [-0.05, 0) is 36.5 Å². The number of hydrogen-bond donors (Lipinski definition) is 2. The minimum Gasteiger partial charge on any atom is -0.423 e. The summed E-state index contributed by atoms with van der Waals surface area (Å²) in [5, 5.41) is 18.3. The minimum absolute atomic E-state index is 0.541. The SMILES string of the molecule is Cc1ccc(C)c(SCc2cccc(B(O)O)c2)c1. The molecule has 0 unspecified atom stereocenters. The Morgan fingerprint density at radius 1 is 1.05 bits per heavy atom. The van der Waals surface area contributed by atoms with Crippen molar-refractivity contribution in [1.82, 2.24) is 0 Å². The molecule has 2 rings (SSSR count). The van der Waals surface area contributed by atoms with E-state index in [1.807, 2.05) is 18.2 Å². The van der Waals surface area contributed by atoms with Gasteiger partial charge in [-0.1, -0.05) is 42.0 Å². The van der Waals surface area contributed by atoms with Crippen molar-refractivity contribution in [3.05, 3.63) is 59.2 Å². The third-order valence-electron chi connectivity index (χ3n) is 2.99. The molecule has 0 fully saturated rings. The van der Waals surface area contributed by atoms with Gasteiger partial charge in [-0.3, -0.25) is 0 Å². The van der Waals surface area contributed by atoms with Crippen molar-refractivity contribution < 1.29 is 10.0 Å². The maximum Gasteiger partial charge on any atom is 0.488 e. The summed E-state index contributed by atoms with van der Waals surface area (Å²) in [6, 6.07) is 13.8. The molecule has 4 heteroatoms. The Balaban J connectivity index is 2.10. The highest BCUT2D eigenvalue weighted by Crippen LogP contribution is 2.26. The summed E-state index contributed by atoms with van der Waals surface area (Å²) in [5.41, 5.74) is 4.16. The van der Waals surface area contributed by atoms with Crippen molar-refractivity contribution in [3.63, 3.8) is 0 Å². The van der Waals surface area contributed by atoms with Crippen molar-refractivity contribution in [2.45, 2.75) is 24.5 Å². The van der Waals surface area contributed by atoms with Crippen LogP contribution in [0.15, 0.2) is 47.4 Å². The van der Waals surface area contributed by atoms with E-state index < -0.39 is 7.12 Å². The highest BCUT2D eigenvalue weighted by Gasteiger charge is 2.10. The molecule has 0 spiro atoms. The van der Waals surface area contributed by atoms with Gasteiger partial charge in [0.05, 0.1) is 0 Å². The van der Waals surface area contributed by atoms with E-state index in [9.17, 15) is 0 Å². The number of benzene rings is 2. The van der Waals surface area contributed by atoms with Crippen molar-refractivity contribution in [2.24, 2.45) is 0 Å². The second-order valence-corrected chi connectivity index (χ2v) is 5.69.